The SMILES string of the molecule is CN(C)NC(=O)c1ccc(Cl)c(S(=O)(=O)N2CCOCC2)c1. The number of carbonyl (C=O) groups is 1. The Bertz CT molecular complexity index is 657. The van der Waals surface area contributed by atoms with Gasteiger partial charge in [0.05, 0.1) is 18.2 Å². The molecule has 0 aromatic heterocycles. The summed E-state index contributed by atoms with van der Waals surface area (Å²) in [6.45, 7) is 1.23. The lowest BCUT2D eigenvalue weighted by atomic mass is 10.2. The summed E-state index contributed by atoms with van der Waals surface area (Å²) in [5, 5.41) is 1.57. The zero-order chi connectivity index (χ0) is 16.3. The largest absolute Gasteiger partial charge is 0.379 e. The highest BCUT2D eigenvalue weighted by Gasteiger charge is 2.29. The van der Waals surface area contributed by atoms with Crippen LogP contribution >= 0.6 is 11.6 Å². The van der Waals surface area contributed by atoms with Crippen LogP contribution in [0.15, 0.2) is 23.1 Å². The van der Waals surface area contributed by atoms with E-state index in [0.717, 1.165) is 0 Å². The summed E-state index contributed by atoms with van der Waals surface area (Å²) >= 11 is 6.03. The lowest BCUT2D eigenvalue weighted by Crippen LogP contribution is -2.41. The van der Waals surface area contributed by atoms with Gasteiger partial charge in [0.2, 0.25) is 10.0 Å². The second-order valence-corrected chi connectivity index (χ2v) is 7.31. The molecule has 1 N–H and O–H groups in total. The predicted molar refractivity (Wildman–Crippen MR) is 82.2 cm³/mol. The van der Waals surface area contributed by atoms with Crippen molar-refractivity contribution < 1.29 is 17.9 Å². The van der Waals surface area contributed by atoms with Crippen molar-refractivity contribution in [3.05, 3.63) is 28.8 Å². The molecule has 1 aliphatic rings. The van der Waals surface area contributed by atoms with Crippen molar-refractivity contribution in [3.63, 3.8) is 0 Å². The van der Waals surface area contributed by atoms with E-state index in [0.29, 0.717) is 13.2 Å². The fraction of sp³-hybridized carbons (Fsp3) is 0.462. The molecule has 2 rings (SSSR count). The summed E-state index contributed by atoms with van der Waals surface area (Å²) < 4.78 is 31.8. The van der Waals surface area contributed by atoms with E-state index in [4.69, 9.17) is 16.3 Å². The Morgan fingerprint density at radius 1 is 1.32 bits per heavy atom. The van der Waals surface area contributed by atoms with Crippen LogP contribution in [0.25, 0.3) is 0 Å². The lowest BCUT2D eigenvalue weighted by molar-refractivity contribution is 0.0730. The Morgan fingerprint density at radius 3 is 2.55 bits per heavy atom. The summed E-state index contributed by atoms with van der Waals surface area (Å²) in [5.41, 5.74) is 2.79. The van der Waals surface area contributed by atoms with Gasteiger partial charge in [-0.2, -0.15) is 4.31 Å². The summed E-state index contributed by atoms with van der Waals surface area (Å²) in [5.74, 6) is -0.403. The van der Waals surface area contributed by atoms with E-state index < -0.39 is 15.9 Å². The van der Waals surface area contributed by atoms with Gasteiger partial charge in [-0.15, -0.1) is 0 Å². The zero-order valence-corrected chi connectivity index (χ0v) is 13.9. The van der Waals surface area contributed by atoms with E-state index in [1.165, 1.54) is 27.5 Å². The van der Waals surface area contributed by atoms with E-state index in [2.05, 4.69) is 5.43 Å². The van der Waals surface area contributed by atoms with Gasteiger partial charge in [0, 0.05) is 32.7 Å². The van der Waals surface area contributed by atoms with E-state index >= 15 is 0 Å². The minimum absolute atomic E-state index is 0.0672. The average molecular weight is 348 g/mol. The molecule has 9 heteroatoms. The van der Waals surface area contributed by atoms with Crippen molar-refractivity contribution in [2.24, 2.45) is 0 Å². The summed E-state index contributed by atoms with van der Waals surface area (Å²) in [7, 11) is -0.418. The Morgan fingerprint density at radius 2 is 1.95 bits per heavy atom. The third-order valence-corrected chi connectivity index (χ3v) is 5.49. The summed E-state index contributed by atoms with van der Waals surface area (Å²) in [6.07, 6.45) is 0. The van der Waals surface area contributed by atoms with Crippen LogP contribution < -0.4 is 5.43 Å². The zero-order valence-electron chi connectivity index (χ0n) is 12.4. The minimum Gasteiger partial charge on any atom is -0.379 e. The van der Waals surface area contributed by atoms with Crippen LogP contribution in [-0.2, 0) is 14.8 Å². The van der Waals surface area contributed by atoms with Crippen molar-refractivity contribution in [2.45, 2.75) is 4.90 Å². The normalized spacial score (nSPS) is 16.7. The number of rotatable bonds is 4. The summed E-state index contributed by atoms with van der Waals surface area (Å²) in [6, 6.07) is 4.20. The molecule has 1 saturated heterocycles. The predicted octanol–water partition coefficient (Wildman–Crippen LogP) is 0.567. The Balaban J connectivity index is 2.35. The van der Waals surface area contributed by atoms with Gasteiger partial charge in [-0.1, -0.05) is 11.6 Å². The van der Waals surface area contributed by atoms with Crippen molar-refractivity contribution in [2.75, 3.05) is 40.4 Å². The van der Waals surface area contributed by atoms with Gasteiger partial charge < -0.3 is 4.74 Å². The molecule has 1 aromatic carbocycles. The third kappa shape index (κ3) is 3.76. The van der Waals surface area contributed by atoms with Crippen LogP contribution in [0.4, 0.5) is 0 Å². The molecule has 1 aliphatic heterocycles. The molecule has 0 radical (unpaired) electrons. The van der Waals surface area contributed by atoms with Crippen LogP contribution in [0.5, 0.6) is 0 Å². The molecule has 1 fully saturated rings. The van der Waals surface area contributed by atoms with E-state index in [1.54, 1.807) is 14.1 Å². The first-order valence-electron chi connectivity index (χ1n) is 6.68. The Kier molecular flexibility index (Phi) is 5.41. The first kappa shape index (κ1) is 17.2. The van der Waals surface area contributed by atoms with Gasteiger partial charge in [0.1, 0.15) is 4.90 Å². The highest BCUT2D eigenvalue weighted by molar-refractivity contribution is 7.89. The van der Waals surface area contributed by atoms with Gasteiger partial charge in [-0.3, -0.25) is 10.2 Å². The molecule has 0 spiro atoms. The quantitative estimate of drug-likeness (QED) is 0.805. The maximum absolute atomic E-state index is 12.6. The van der Waals surface area contributed by atoms with Gasteiger partial charge in [-0.25, -0.2) is 13.4 Å². The van der Waals surface area contributed by atoms with Crippen LogP contribution in [0.2, 0.25) is 5.02 Å². The first-order chi connectivity index (χ1) is 10.3. The number of hydrogen-bond acceptors (Lipinski definition) is 5. The number of sulfonamides is 1. The monoisotopic (exact) mass is 347 g/mol. The van der Waals surface area contributed by atoms with Gasteiger partial charge >= 0.3 is 0 Å². The number of carbonyl (C=O) groups excluding carboxylic acids is 1. The van der Waals surface area contributed by atoms with Gasteiger partial charge in [0.15, 0.2) is 0 Å². The molecular formula is C13H18ClN3O4S. The minimum atomic E-state index is -3.75. The molecule has 7 nitrogen and oxygen atoms in total. The molecule has 1 aromatic rings. The number of hydrazine groups is 1. The number of amides is 1. The molecular weight excluding hydrogens is 330 g/mol. The fourth-order valence-electron chi connectivity index (χ4n) is 2.04. The van der Waals surface area contributed by atoms with Crippen LogP contribution in [0.1, 0.15) is 10.4 Å². The lowest BCUT2D eigenvalue weighted by Gasteiger charge is -2.26. The topological polar surface area (TPSA) is 79.0 Å². The van der Waals surface area contributed by atoms with Crippen LogP contribution in [0, 0.1) is 0 Å². The highest BCUT2D eigenvalue weighted by Crippen LogP contribution is 2.26. The number of halogens is 1. The highest BCUT2D eigenvalue weighted by atomic mass is 35.5. The molecule has 1 heterocycles. The number of nitrogens with one attached hydrogen (secondary N) is 1. The van der Waals surface area contributed by atoms with Crippen molar-refractivity contribution in [1.82, 2.24) is 14.7 Å². The fourth-order valence-corrected chi connectivity index (χ4v) is 3.94. The van der Waals surface area contributed by atoms with Gasteiger partial charge in [-0.05, 0) is 18.2 Å². The molecule has 0 unspecified atom stereocenters. The molecule has 0 bridgehead atoms. The maximum atomic E-state index is 12.6. The second kappa shape index (κ2) is 6.93. The molecule has 22 heavy (non-hydrogen) atoms. The van der Waals surface area contributed by atoms with E-state index in [1.807, 2.05) is 0 Å². The van der Waals surface area contributed by atoms with Crippen LogP contribution in [-0.4, -0.2) is 64.0 Å². The number of benzene rings is 1. The van der Waals surface area contributed by atoms with Crippen molar-refractivity contribution in [3.8, 4) is 0 Å². The number of morpholine rings is 1. The molecule has 0 saturated carbocycles. The van der Waals surface area contributed by atoms with E-state index in [9.17, 15) is 13.2 Å². The van der Waals surface area contributed by atoms with Crippen LogP contribution in [0.3, 0.4) is 0 Å². The van der Waals surface area contributed by atoms with Crippen molar-refractivity contribution in [1.29, 1.82) is 0 Å². The van der Waals surface area contributed by atoms with Crippen molar-refractivity contribution >= 4 is 27.5 Å². The van der Waals surface area contributed by atoms with E-state index in [-0.39, 0.29) is 28.6 Å². The number of nitrogens with zero attached hydrogens (tertiary/aromatic N) is 2. The molecule has 0 aliphatic carbocycles. The number of ether oxygens (including phenoxy) is 1. The average Bonchev–Trinajstić information content (AvgIpc) is 2.47. The smallest absolute Gasteiger partial charge is 0.265 e. The summed E-state index contributed by atoms with van der Waals surface area (Å²) in [4.78, 5) is 11.9. The van der Waals surface area contributed by atoms with Gasteiger partial charge in [0.25, 0.3) is 5.91 Å². The molecule has 122 valence electrons. The Hall–Kier alpha value is -1.19. The third-order valence-electron chi connectivity index (χ3n) is 3.11. The second-order valence-electron chi connectivity index (χ2n) is 5.00. The molecule has 1 amide bonds. The maximum Gasteiger partial charge on any atom is 0.265 e. The first-order valence-corrected chi connectivity index (χ1v) is 8.50. The Labute approximate surface area is 134 Å². The molecule has 0 atom stereocenters. The standard InChI is InChI=1S/C13H18ClN3O4S/c1-16(2)15-13(18)10-3-4-11(14)12(9-10)22(19,20)17-5-7-21-8-6-17/h3-4,9H,5-8H2,1-2H3,(H,15,18). The number of hydrogen-bond donors (Lipinski definition) is 1.